The molecule has 0 heterocycles. The van der Waals surface area contributed by atoms with E-state index >= 15 is 0 Å². The molecule has 0 saturated heterocycles. The monoisotopic (exact) mass is 506 g/mol. The smallest absolute Gasteiger partial charge is 0.120 e. The average molecular weight is 507 g/mol. The van der Waals surface area contributed by atoms with Crippen molar-refractivity contribution in [2.24, 2.45) is 10.4 Å². The summed E-state index contributed by atoms with van der Waals surface area (Å²) >= 11 is 0. The van der Waals surface area contributed by atoms with Crippen LogP contribution in [0.3, 0.4) is 0 Å². The lowest BCUT2D eigenvalue weighted by Crippen LogP contribution is -2.50. The van der Waals surface area contributed by atoms with Crippen molar-refractivity contribution in [2.45, 2.75) is 57.2 Å². The maximum atomic E-state index is 11.9. The summed E-state index contributed by atoms with van der Waals surface area (Å²) in [6, 6.07) is 26.4. The standard InChI is InChI=1S/C32H34N4O2/c37-35-31-25(15-9-17-27(31)23-11-3-1-4-12-23)21-33-29-19-7-8-20-30(29)34-22-26-16-10-18-28(32(26)36-38)24-13-5-2-6-14-24/h1-6,9,11-15,17-18,29-30,33-34H,7-8,10,16,19-22H2/t29?,30-/m1/s1. The van der Waals surface area contributed by atoms with Crippen molar-refractivity contribution >= 4 is 11.3 Å². The summed E-state index contributed by atoms with van der Waals surface area (Å²) in [6.07, 6.45) is 8.35. The van der Waals surface area contributed by atoms with Crippen LogP contribution in [0, 0.1) is 9.81 Å². The largest absolute Gasteiger partial charge is 0.309 e. The van der Waals surface area contributed by atoms with Gasteiger partial charge in [-0.2, -0.15) is 0 Å². The van der Waals surface area contributed by atoms with E-state index < -0.39 is 0 Å². The van der Waals surface area contributed by atoms with E-state index in [9.17, 15) is 9.81 Å². The molecule has 0 radical (unpaired) electrons. The van der Waals surface area contributed by atoms with Crippen molar-refractivity contribution < 1.29 is 0 Å². The maximum absolute atomic E-state index is 11.9. The molecule has 6 nitrogen and oxygen atoms in total. The average Bonchev–Trinajstić information content (AvgIpc) is 2.99. The van der Waals surface area contributed by atoms with Crippen molar-refractivity contribution in [1.82, 2.24) is 10.6 Å². The van der Waals surface area contributed by atoms with Gasteiger partial charge in [-0.25, -0.2) is 0 Å². The van der Waals surface area contributed by atoms with Crippen LogP contribution in [-0.2, 0) is 6.54 Å². The summed E-state index contributed by atoms with van der Waals surface area (Å²) in [5.74, 6) is 0. The minimum atomic E-state index is 0.268. The Balaban J connectivity index is 1.28. The second kappa shape index (κ2) is 12.7. The number of hydrogen-bond donors (Lipinski definition) is 2. The van der Waals surface area contributed by atoms with E-state index in [4.69, 9.17) is 0 Å². The lowest BCUT2D eigenvalue weighted by molar-refractivity contribution is 0.287. The van der Waals surface area contributed by atoms with Crippen molar-refractivity contribution in [3.8, 4) is 11.1 Å². The normalized spacial score (nSPS) is 19.6. The van der Waals surface area contributed by atoms with Crippen molar-refractivity contribution in [3.63, 3.8) is 0 Å². The Kier molecular flexibility index (Phi) is 8.64. The molecular weight excluding hydrogens is 472 g/mol. The summed E-state index contributed by atoms with van der Waals surface area (Å²) < 4.78 is 0. The number of hydrogen-bond acceptors (Lipinski definition) is 6. The minimum absolute atomic E-state index is 0.268. The Hall–Kier alpha value is -3.74. The van der Waals surface area contributed by atoms with Gasteiger partial charge in [-0.05, 0) is 58.3 Å². The van der Waals surface area contributed by atoms with Crippen LogP contribution >= 0.6 is 0 Å². The van der Waals surface area contributed by atoms with Gasteiger partial charge in [0.2, 0.25) is 0 Å². The van der Waals surface area contributed by atoms with Crippen molar-refractivity contribution in [1.29, 1.82) is 0 Å². The van der Waals surface area contributed by atoms with Crippen LogP contribution in [0.1, 0.15) is 49.7 Å². The summed E-state index contributed by atoms with van der Waals surface area (Å²) in [4.78, 5) is 23.8. The molecule has 1 fully saturated rings. The Labute approximate surface area is 224 Å². The molecule has 0 spiro atoms. The first-order valence-corrected chi connectivity index (χ1v) is 13.6. The Morgan fingerprint density at radius 1 is 0.711 bits per heavy atom. The van der Waals surface area contributed by atoms with Gasteiger partial charge in [0.1, 0.15) is 11.4 Å². The predicted octanol–water partition coefficient (Wildman–Crippen LogP) is 7.64. The van der Waals surface area contributed by atoms with Gasteiger partial charge in [-0.1, -0.05) is 97.8 Å². The van der Waals surface area contributed by atoms with Gasteiger partial charge in [0.05, 0.1) is 0 Å². The zero-order chi connectivity index (χ0) is 26.2. The number of rotatable bonds is 10. The molecule has 2 atom stereocenters. The summed E-state index contributed by atoms with van der Waals surface area (Å²) in [5.41, 5.74) is 6.89. The van der Waals surface area contributed by atoms with Crippen LogP contribution in [0.4, 0.5) is 5.69 Å². The third-order valence-corrected chi connectivity index (χ3v) is 7.75. The number of nitrogens with zero attached hydrogens (tertiary/aromatic N) is 2. The first kappa shape index (κ1) is 25.9. The Bertz CT molecular complexity index is 1320. The highest BCUT2D eigenvalue weighted by atomic mass is 16.3. The van der Waals surface area contributed by atoms with Crippen LogP contribution in [-0.4, -0.2) is 18.6 Å². The van der Waals surface area contributed by atoms with Gasteiger partial charge >= 0.3 is 0 Å². The number of allylic oxidation sites excluding steroid dienone is 2. The highest BCUT2D eigenvalue weighted by molar-refractivity contribution is 5.80. The molecular formula is C32H34N4O2. The molecule has 2 N–H and O–H groups in total. The van der Waals surface area contributed by atoms with Crippen LogP contribution in [0.15, 0.2) is 107 Å². The molecule has 5 rings (SSSR count). The molecule has 2 aliphatic carbocycles. The fraction of sp³-hybridized carbons (Fsp3) is 0.312. The molecule has 0 aromatic heterocycles. The van der Waals surface area contributed by atoms with Crippen LogP contribution in [0.25, 0.3) is 16.7 Å². The molecule has 194 valence electrons. The van der Waals surface area contributed by atoms with E-state index in [-0.39, 0.29) is 12.1 Å². The second-order valence-corrected chi connectivity index (χ2v) is 10.1. The van der Waals surface area contributed by atoms with Crippen LogP contribution in [0.2, 0.25) is 0 Å². The molecule has 0 aliphatic heterocycles. The van der Waals surface area contributed by atoms with Crippen LogP contribution < -0.4 is 10.6 Å². The van der Waals surface area contributed by atoms with Crippen LogP contribution in [0.5, 0.6) is 0 Å². The predicted molar refractivity (Wildman–Crippen MR) is 155 cm³/mol. The number of nitrogens with one attached hydrogen (secondary N) is 2. The third-order valence-electron chi connectivity index (χ3n) is 7.75. The Morgan fingerprint density at radius 3 is 2.03 bits per heavy atom. The fourth-order valence-electron chi connectivity index (χ4n) is 5.76. The van der Waals surface area contributed by atoms with Crippen molar-refractivity contribution in [2.75, 3.05) is 6.54 Å². The van der Waals surface area contributed by atoms with Gasteiger partial charge in [0, 0.05) is 36.3 Å². The zero-order valence-electron chi connectivity index (χ0n) is 21.6. The molecule has 1 unspecified atom stereocenters. The molecule has 3 aromatic rings. The fourth-order valence-corrected chi connectivity index (χ4v) is 5.76. The number of benzene rings is 3. The first-order chi connectivity index (χ1) is 18.8. The highest BCUT2D eigenvalue weighted by Crippen LogP contribution is 2.35. The SMILES string of the molecule is O=NC1=C(CN[C@@H]2CCCCC2NCc2cccc(-c3ccccc3)c2N=O)CCC=C1c1ccccc1. The summed E-state index contributed by atoms with van der Waals surface area (Å²) in [7, 11) is 0. The summed E-state index contributed by atoms with van der Waals surface area (Å²) in [6.45, 7) is 1.23. The molecule has 0 amide bonds. The summed E-state index contributed by atoms with van der Waals surface area (Å²) in [5, 5.41) is 14.3. The molecule has 2 aliphatic rings. The zero-order valence-corrected chi connectivity index (χ0v) is 21.6. The van der Waals surface area contributed by atoms with E-state index in [1.807, 2.05) is 78.9 Å². The second-order valence-electron chi connectivity index (χ2n) is 10.1. The van der Waals surface area contributed by atoms with E-state index in [1.165, 1.54) is 12.8 Å². The first-order valence-electron chi connectivity index (χ1n) is 13.6. The quantitative estimate of drug-likeness (QED) is 0.277. The maximum Gasteiger partial charge on any atom is 0.120 e. The van der Waals surface area contributed by atoms with E-state index in [2.05, 4.69) is 27.1 Å². The van der Waals surface area contributed by atoms with E-state index in [0.29, 0.717) is 24.5 Å². The van der Waals surface area contributed by atoms with Gasteiger partial charge < -0.3 is 10.6 Å². The van der Waals surface area contributed by atoms with Gasteiger partial charge in [0.25, 0.3) is 0 Å². The molecule has 38 heavy (non-hydrogen) atoms. The third kappa shape index (κ3) is 5.87. The highest BCUT2D eigenvalue weighted by Gasteiger charge is 2.26. The topological polar surface area (TPSA) is 82.9 Å². The van der Waals surface area contributed by atoms with E-state index in [0.717, 1.165) is 59.1 Å². The number of nitroso groups, excluding NO2 is 2. The van der Waals surface area contributed by atoms with Crippen molar-refractivity contribution in [3.05, 3.63) is 117 Å². The minimum Gasteiger partial charge on any atom is -0.309 e. The lowest BCUT2D eigenvalue weighted by Gasteiger charge is -2.34. The van der Waals surface area contributed by atoms with Gasteiger partial charge in [-0.15, -0.1) is 9.81 Å². The molecule has 3 aromatic carbocycles. The van der Waals surface area contributed by atoms with Gasteiger partial charge in [0.15, 0.2) is 0 Å². The van der Waals surface area contributed by atoms with E-state index in [1.54, 1.807) is 0 Å². The van der Waals surface area contributed by atoms with Gasteiger partial charge in [-0.3, -0.25) is 0 Å². The molecule has 1 saturated carbocycles. The molecule has 6 heteroatoms. The Morgan fingerprint density at radius 2 is 1.37 bits per heavy atom. The lowest BCUT2D eigenvalue weighted by atomic mass is 9.88. The molecule has 0 bridgehead atoms.